The Morgan fingerprint density at radius 2 is 1.86 bits per heavy atom. The maximum Gasteiger partial charge on any atom is 0.123 e. The lowest BCUT2D eigenvalue weighted by molar-refractivity contribution is 0.192. The van der Waals surface area contributed by atoms with Crippen LogP contribution in [0.2, 0.25) is 0 Å². The average molecular weight is 188 g/mol. The van der Waals surface area contributed by atoms with Gasteiger partial charge in [-0.25, -0.2) is 0 Å². The van der Waals surface area contributed by atoms with E-state index in [0.717, 1.165) is 5.75 Å². The fourth-order valence-corrected chi connectivity index (χ4v) is 2.59. The summed E-state index contributed by atoms with van der Waals surface area (Å²) in [6.45, 7) is 2.16. The van der Waals surface area contributed by atoms with Gasteiger partial charge in [0.05, 0.1) is 6.10 Å². The topological polar surface area (TPSA) is 9.23 Å². The molecule has 74 valence electrons. The molecule has 1 aliphatic heterocycles. The molecule has 1 unspecified atom stereocenters. The molecule has 0 spiro atoms. The molecule has 0 radical (unpaired) electrons. The Hall–Kier alpha value is -0.980. The van der Waals surface area contributed by atoms with Crippen molar-refractivity contribution in [2.75, 3.05) is 0 Å². The lowest BCUT2D eigenvalue weighted by atomic mass is 9.98. The normalized spacial score (nSPS) is 23.9. The Labute approximate surface area is 85.1 Å². The van der Waals surface area contributed by atoms with Crippen LogP contribution in [0.4, 0.5) is 0 Å². The summed E-state index contributed by atoms with van der Waals surface area (Å²) in [4.78, 5) is 0. The van der Waals surface area contributed by atoms with Crippen LogP contribution in [0.15, 0.2) is 12.1 Å². The first-order valence-electron chi connectivity index (χ1n) is 5.64. The van der Waals surface area contributed by atoms with E-state index < -0.39 is 0 Å². The number of ether oxygens (including phenoxy) is 1. The van der Waals surface area contributed by atoms with Crippen molar-refractivity contribution in [3.05, 3.63) is 28.8 Å². The Balaban J connectivity index is 2.06. The molecule has 1 aromatic rings. The third kappa shape index (κ3) is 1.23. The van der Waals surface area contributed by atoms with Crippen molar-refractivity contribution in [2.24, 2.45) is 0 Å². The summed E-state index contributed by atoms with van der Waals surface area (Å²) in [6, 6.07) is 4.66. The highest BCUT2D eigenvalue weighted by Crippen LogP contribution is 2.34. The van der Waals surface area contributed by atoms with Crippen molar-refractivity contribution < 1.29 is 4.74 Å². The molecule has 1 heteroatoms. The smallest absolute Gasteiger partial charge is 0.123 e. The van der Waals surface area contributed by atoms with Crippen LogP contribution < -0.4 is 4.74 Å². The fraction of sp³-hybridized carbons (Fsp3) is 0.538. The molecule has 0 amide bonds. The summed E-state index contributed by atoms with van der Waals surface area (Å²) in [6.07, 6.45) is 6.63. The second-order valence-corrected chi connectivity index (χ2v) is 4.55. The zero-order valence-corrected chi connectivity index (χ0v) is 8.68. The minimum Gasteiger partial charge on any atom is -0.490 e. The summed E-state index contributed by atoms with van der Waals surface area (Å²) < 4.78 is 5.86. The molecule has 0 saturated heterocycles. The van der Waals surface area contributed by atoms with Gasteiger partial charge < -0.3 is 4.74 Å². The van der Waals surface area contributed by atoms with E-state index in [2.05, 4.69) is 19.1 Å². The standard InChI is InChI=1S/C13H16O/c1-9-5-6-12-7-10-3-2-4-11(10)8-13(12)14-9/h7-9H,2-6H2,1H3. The van der Waals surface area contributed by atoms with Crippen molar-refractivity contribution in [3.8, 4) is 5.75 Å². The van der Waals surface area contributed by atoms with E-state index in [4.69, 9.17) is 4.74 Å². The van der Waals surface area contributed by atoms with Gasteiger partial charge in [0.1, 0.15) is 5.75 Å². The van der Waals surface area contributed by atoms with E-state index in [9.17, 15) is 0 Å². The second-order valence-electron chi connectivity index (χ2n) is 4.55. The number of rotatable bonds is 0. The molecule has 1 heterocycles. The van der Waals surface area contributed by atoms with Crippen molar-refractivity contribution in [2.45, 2.75) is 45.1 Å². The molecule has 1 aromatic carbocycles. The number of aryl methyl sites for hydroxylation is 3. The van der Waals surface area contributed by atoms with Crippen LogP contribution in [0.25, 0.3) is 0 Å². The first kappa shape index (κ1) is 8.34. The SMILES string of the molecule is CC1CCc2cc3c(cc2O1)CCC3. The van der Waals surface area contributed by atoms with Gasteiger partial charge in [0.25, 0.3) is 0 Å². The molecule has 1 aliphatic carbocycles. The van der Waals surface area contributed by atoms with E-state index >= 15 is 0 Å². The highest BCUT2D eigenvalue weighted by atomic mass is 16.5. The minimum atomic E-state index is 0.405. The molecular formula is C13H16O. The van der Waals surface area contributed by atoms with Crippen LogP contribution >= 0.6 is 0 Å². The van der Waals surface area contributed by atoms with Gasteiger partial charge >= 0.3 is 0 Å². The van der Waals surface area contributed by atoms with Crippen molar-refractivity contribution in [3.63, 3.8) is 0 Å². The van der Waals surface area contributed by atoms with Gasteiger partial charge in [-0.1, -0.05) is 6.07 Å². The molecular weight excluding hydrogens is 172 g/mol. The van der Waals surface area contributed by atoms with E-state index in [1.165, 1.54) is 43.2 Å². The van der Waals surface area contributed by atoms with Crippen molar-refractivity contribution >= 4 is 0 Å². The highest BCUT2D eigenvalue weighted by molar-refractivity contribution is 5.45. The van der Waals surface area contributed by atoms with Gasteiger partial charge in [-0.15, -0.1) is 0 Å². The molecule has 0 fully saturated rings. The van der Waals surface area contributed by atoms with Gasteiger partial charge in [0.2, 0.25) is 0 Å². The monoisotopic (exact) mass is 188 g/mol. The molecule has 1 atom stereocenters. The summed E-state index contributed by atoms with van der Waals surface area (Å²) in [7, 11) is 0. The van der Waals surface area contributed by atoms with Crippen LogP contribution in [0.1, 0.15) is 36.5 Å². The summed E-state index contributed by atoms with van der Waals surface area (Å²) in [5, 5.41) is 0. The summed E-state index contributed by atoms with van der Waals surface area (Å²) in [5.74, 6) is 1.16. The molecule has 0 bridgehead atoms. The van der Waals surface area contributed by atoms with E-state index in [1.54, 1.807) is 5.56 Å². The minimum absolute atomic E-state index is 0.405. The largest absolute Gasteiger partial charge is 0.490 e. The highest BCUT2D eigenvalue weighted by Gasteiger charge is 2.20. The summed E-state index contributed by atoms with van der Waals surface area (Å²) in [5.41, 5.74) is 4.53. The Morgan fingerprint density at radius 1 is 1.07 bits per heavy atom. The molecule has 0 aromatic heterocycles. The lowest BCUT2D eigenvalue weighted by Gasteiger charge is -2.24. The summed E-state index contributed by atoms with van der Waals surface area (Å²) >= 11 is 0. The average Bonchev–Trinajstić information content (AvgIpc) is 2.61. The van der Waals surface area contributed by atoms with E-state index in [-0.39, 0.29) is 0 Å². The number of hydrogen-bond acceptors (Lipinski definition) is 1. The maximum absolute atomic E-state index is 5.86. The molecule has 0 N–H and O–H groups in total. The Bertz CT molecular complexity index is 368. The number of fused-ring (bicyclic) bond motifs is 2. The molecule has 3 rings (SSSR count). The maximum atomic E-state index is 5.86. The fourth-order valence-electron chi connectivity index (χ4n) is 2.59. The van der Waals surface area contributed by atoms with E-state index in [1.807, 2.05) is 0 Å². The van der Waals surface area contributed by atoms with Crippen LogP contribution in [0.3, 0.4) is 0 Å². The molecule has 0 saturated carbocycles. The van der Waals surface area contributed by atoms with Crippen LogP contribution in [-0.4, -0.2) is 6.10 Å². The van der Waals surface area contributed by atoms with Gasteiger partial charge in [-0.2, -0.15) is 0 Å². The predicted octanol–water partition coefficient (Wildman–Crippen LogP) is 2.89. The third-order valence-electron chi connectivity index (χ3n) is 3.42. The lowest BCUT2D eigenvalue weighted by Crippen LogP contribution is -2.19. The molecule has 14 heavy (non-hydrogen) atoms. The van der Waals surface area contributed by atoms with Gasteiger partial charge in [-0.05, 0) is 61.8 Å². The second kappa shape index (κ2) is 3.01. The zero-order valence-electron chi connectivity index (χ0n) is 8.68. The Kier molecular flexibility index (Phi) is 1.79. The van der Waals surface area contributed by atoms with Gasteiger partial charge in [-0.3, -0.25) is 0 Å². The molecule has 1 nitrogen and oxygen atoms in total. The molecule has 2 aliphatic rings. The zero-order chi connectivity index (χ0) is 9.54. The van der Waals surface area contributed by atoms with Gasteiger partial charge in [0.15, 0.2) is 0 Å². The first-order valence-corrected chi connectivity index (χ1v) is 5.64. The number of hydrogen-bond donors (Lipinski definition) is 0. The number of benzene rings is 1. The van der Waals surface area contributed by atoms with Crippen LogP contribution in [0.5, 0.6) is 5.75 Å². The van der Waals surface area contributed by atoms with E-state index in [0.29, 0.717) is 6.10 Å². The van der Waals surface area contributed by atoms with Crippen molar-refractivity contribution in [1.82, 2.24) is 0 Å². The third-order valence-corrected chi connectivity index (χ3v) is 3.42. The first-order chi connectivity index (χ1) is 6.83. The van der Waals surface area contributed by atoms with Crippen molar-refractivity contribution in [1.29, 1.82) is 0 Å². The van der Waals surface area contributed by atoms with Crippen LogP contribution in [-0.2, 0) is 19.3 Å². The quantitative estimate of drug-likeness (QED) is 0.608. The van der Waals surface area contributed by atoms with Crippen LogP contribution in [0, 0.1) is 0 Å². The van der Waals surface area contributed by atoms with Gasteiger partial charge in [0, 0.05) is 0 Å². The predicted molar refractivity (Wildman–Crippen MR) is 56.9 cm³/mol. The Morgan fingerprint density at radius 3 is 2.71 bits per heavy atom.